The Morgan fingerprint density at radius 1 is 1.00 bits per heavy atom. The van der Waals surface area contributed by atoms with E-state index in [2.05, 4.69) is 40.5 Å². The summed E-state index contributed by atoms with van der Waals surface area (Å²) >= 11 is 1.82. The SMILES string of the molecule is O=C(Nc1ccc(CN2CCCCC2)cc1)C1=Cc2ccccc2SCC1. The average molecular weight is 379 g/mol. The summed E-state index contributed by atoms with van der Waals surface area (Å²) in [6, 6.07) is 16.6. The number of anilines is 1. The quantitative estimate of drug-likeness (QED) is 0.794. The molecule has 0 aromatic heterocycles. The van der Waals surface area contributed by atoms with Crippen molar-refractivity contribution >= 4 is 29.4 Å². The third-order valence-corrected chi connectivity index (χ3v) is 6.33. The molecule has 2 aromatic rings. The van der Waals surface area contributed by atoms with E-state index in [9.17, 15) is 4.79 Å². The predicted octanol–water partition coefficient (Wildman–Crippen LogP) is 5.19. The van der Waals surface area contributed by atoms with Crippen LogP contribution >= 0.6 is 11.8 Å². The summed E-state index contributed by atoms with van der Waals surface area (Å²) in [5.74, 6) is 0.946. The molecule has 4 rings (SSSR count). The number of hydrogen-bond acceptors (Lipinski definition) is 3. The highest BCUT2D eigenvalue weighted by atomic mass is 32.2. The molecule has 0 saturated carbocycles. The highest BCUT2D eigenvalue weighted by Gasteiger charge is 2.15. The van der Waals surface area contributed by atoms with E-state index in [4.69, 9.17) is 0 Å². The van der Waals surface area contributed by atoms with Crippen molar-refractivity contribution in [1.82, 2.24) is 4.90 Å². The smallest absolute Gasteiger partial charge is 0.251 e. The van der Waals surface area contributed by atoms with Crippen LogP contribution < -0.4 is 5.32 Å². The number of nitrogens with zero attached hydrogens (tertiary/aromatic N) is 1. The van der Waals surface area contributed by atoms with Crippen LogP contribution in [0.25, 0.3) is 6.08 Å². The molecule has 0 spiro atoms. The van der Waals surface area contributed by atoms with E-state index in [1.165, 1.54) is 42.8 Å². The summed E-state index contributed by atoms with van der Waals surface area (Å²) < 4.78 is 0. The second kappa shape index (κ2) is 8.77. The van der Waals surface area contributed by atoms with Gasteiger partial charge < -0.3 is 5.32 Å². The predicted molar refractivity (Wildman–Crippen MR) is 114 cm³/mol. The summed E-state index contributed by atoms with van der Waals surface area (Å²) in [6.07, 6.45) is 6.81. The number of carbonyl (C=O) groups is 1. The van der Waals surface area contributed by atoms with Gasteiger partial charge in [-0.3, -0.25) is 9.69 Å². The fourth-order valence-corrected chi connectivity index (χ4v) is 4.73. The van der Waals surface area contributed by atoms with Gasteiger partial charge in [0.25, 0.3) is 5.91 Å². The number of amides is 1. The topological polar surface area (TPSA) is 32.3 Å². The van der Waals surface area contributed by atoms with Crippen LogP contribution in [-0.4, -0.2) is 29.6 Å². The summed E-state index contributed by atoms with van der Waals surface area (Å²) in [5, 5.41) is 3.07. The van der Waals surface area contributed by atoms with E-state index < -0.39 is 0 Å². The third-order valence-electron chi connectivity index (χ3n) is 5.24. The van der Waals surface area contributed by atoms with E-state index in [1.54, 1.807) is 0 Å². The van der Waals surface area contributed by atoms with Crippen LogP contribution in [0.5, 0.6) is 0 Å². The van der Waals surface area contributed by atoms with Crippen molar-refractivity contribution in [1.29, 1.82) is 0 Å². The molecule has 27 heavy (non-hydrogen) atoms. The van der Waals surface area contributed by atoms with Gasteiger partial charge in [0.2, 0.25) is 0 Å². The Labute approximate surface area is 165 Å². The molecule has 0 unspecified atom stereocenters. The van der Waals surface area contributed by atoms with Gasteiger partial charge in [-0.05, 0) is 67.8 Å². The number of thioether (sulfide) groups is 1. The van der Waals surface area contributed by atoms with Gasteiger partial charge >= 0.3 is 0 Å². The van der Waals surface area contributed by atoms with Gasteiger partial charge in [0, 0.05) is 28.5 Å². The van der Waals surface area contributed by atoms with Gasteiger partial charge in [0.05, 0.1) is 0 Å². The summed E-state index contributed by atoms with van der Waals surface area (Å²) in [4.78, 5) is 16.5. The Morgan fingerprint density at radius 2 is 1.78 bits per heavy atom. The van der Waals surface area contributed by atoms with Crippen LogP contribution in [0, 0.1) is 0 Å². The van der Waals surface area contributed by atoms with Crippen molar-refractivity contribution in [2.45, 2.75) is 37.1 Å². The van der Waals surface area contributed by atoms with Crippen molar-refractivity contribution in [3.05, 3.63) is 65.2 Å². The number of likely N-dealkylation sites (tertiary alicyclic amines) is 1. The van der Waals surface area contributed by atoms with Crippen molar-refractivity contribution in [2.75, 3.05) is 24.2 Å². The monoisotopic (exact) mass is 378 g/mol. The fourth-order valence-electron chi connectivity index (χ4n) is 3.72. The lowest BCUT2D eigenvalue weighted by molar-refractivity contribution is -0.112. The largest absolute Gasteiger partial charge is 0.322 e. The molecule has 2 heterocycles. The first-order valence-electron chi connectivity index (χ1n) is 9.83. The molecule has 2 aliphatic rings. The molecule has 1 fully saturated rings. The van der Waals surface area contributed by atoms with E-state index in [0.29, 0.717) is 0 Å². The van der Waals surface area contributed by atoms with Gasteiger partial charge in [-0.2, -0.15) is 0 Å². The molecular formula is C23H26N2OS. The molecule has 1 amide bonds. The zero-order chi connectivity index (χ0) is 18.5. The van der Waals surface area contributed by atoms with Gasteiger partial charge in [0.15, 0.2) is 0 Å². The zero-order valence-corrected chi connectivity index (χ0v) is 16.4. The second-order valence-corrected chi connectivity index (χ2v) is 8.43. The summed E-state index contributed by atoms with van der Waals surface area (Å²) in [7, 11) is 0. The minimum atomic E-state index is 0.0103. The lowest BCUT2D eigenvalue weighted by Gasteiger charge is -2.26. The Hall–Kier alpha value is -2.04. The number of fused-ring (bicyclic) bond motifs is 1. The highest BCUT2D eigenvalue weighted by molar-refractivity contribution is 7.99. The van der Waals surface area contributed by atoms with E-state index in [1.807, 2.05) is 36.0 Å². The standard InChI is InChI=1S/C23H26N2OS/c26-23(20-12-15-27-22-7-3-2-6-19(22)16-20)24-21-10-8-18(9-11-21)17-25-13-4-1-5-14-25/h2-3,6-11,16H,1,4-5,12-15,17H2,(H,24,26). The van der Waals surface area contributed by atoms with Crippen LogP contribution in [0.15, 0.2) is 59.0 Å². The Bertz CT molecular complexity index is 823. The normalized spacial score (nSPS) is 17.6. The molecule has 0 aliphatic carbocycles. The lowest BCUT2D eigenvalue weighted by atomic mass is 10.1. The van der Waals surface area contributed by atoms with Gasteiger partial charge in [-0.1, -0.05) is 36.8 Å². The number of nitrogens with one attached hydrogen (secondary N) is 1. The van der Waals surface area contributed by atoms with Crippen LogP contribution in [-0.2, 0) is 11.3 Å². The fraction of sp³-hybridized carbons (Fsp3) is 0.348. The van der Waals surface area contributed by atoms with Crippen molar-refractivity contribution < 1.29 is 4.79 Å². The third kappa shape index (κ3) is 4.82. The van der Waals surface area contributed by atoms with Gasteiger partial charge in [0.1, 0.15) is 0 Å². The molecule has 1 saturated heterocycles. The number of carbonyl (C=O) groups excluding carboxylic acids is 1. The zero-order valence-electron chi connectivity index (χ0n) is 15.6. The van der Waals surface area contributed by atoms with E-state index >= 15 is 0 Å². The van der Waals surface area contributed by atoms with Gasteiger partial charge in [-0.25, -0.2) is 0 Å². The molecule has 0 atom stereocenters. The lowest BCUT2D eigenvalue weighted by Crippen LogP contribution is -2.29. The maximum absolute atomic E-state index is 12.7. The summed E-state index contributed by atoms with van der Waals surface area (Å²) in [5.41, 5.74) is 4.18. The van der Waals surface area contributed by atoms with E-state index in [0.717, 1.165) is 35.5 Å². The Kier molecular flexibility index (Phi) is 5.95. The van der Waals surface area contributed by atoms with E-state index in [-0.39, 0.29) is 5.91 Å². The average Bonchev–Trinajstić information content (AvgIpc) is 2.93. The maximum Gasteiger partial charge on any atom is 0.251 e. The first-order valence-corrected chi connectivity index (χ1v) is 10.8. The van der Waals surface area contributed by atoms with Crippen molar-refractivity contribution in [2.24, 2.45) is 0 Å². The minimum Gasteiger partial charge on any atom is -0.322 e. The molecule has 4 heteroatoms. The van der Waals surface area contributed by atoms with Crippen LogP contribution in [0.1, 0.15) is 36.8 Å². The molecule has 0 radical (unpaired) electrons. The number of hydrogen-bond donors (Lipinski definition) is 1. The minimum absolute atomic E-state index is 0.0103. The first-order chi connectivity index (χ1) is 13.3. The van der Waals surface area contributed by atoms with Crippen molar-refractivity contribution in [3.63, 3.8) is 0 Å². The van der Waals surface area contributed by atoms with Crippen LogP contribution in [0.2, 0.25) is 0 Å². The Morgan fingerprint density at radius 3 is 2.59 bits per heavy atom. The number of rotatable bonds is 4. The molecular weight excluding hydrogens is 352 g/mol. The molecule has 0 bridgehead atoms. The maximum atomic E-state index is 12.7. The molecule has 3 nitrogen and oxygen atoms in total. The van der Waals surface area contributed by atoms with Crippen LogP contribution in [0.3, 0.4) is 0 Å². The van der Waals surface area contributed by atoms with Crippen LogP contribution in [0.4, 0.5) is 5.69 Å². The number of benzene rings is 2. The highest BCUT2D eigenvalue weighted by Crippen LogP contribution is 2.30. The van der Waals surface area contributed by atoms with Crippen molar-refractivity contribution in [3.8, 4) is 0 Å². The molecule has 1 N–H and O–H groups in total. The Balaban J connectivity index is 1.40. The first kappa shape index (κ1) is 18.3. The number of piperidine rings is 1. The summed E-state index contributed by atoms with van der Waals surface area (Å²) in [6.45, 7) is 3.41. The molecule has 2 aliphatic heterocycles. The second-order valence-electron chi connectivity index (χ2n) is 7.29. The molecule has 2 aromatic carbocycles. The van der Waals surface area contributed by atoms with Gasteiger partial charge in [-0.15, -0.1) is 11.8 Å². The molecule has 140 valence electrons.